The third kappa shape index (κ3) is 3.18. The third-order valence-electron chi connectivity index (χ3n) is 2.88. The van der Waals surface area contributed by atoms with Crippen LogP contribution in [-0.4, -0.2) is 25.2 Å². The van der Waals surface area contributed by atoms with Gasteiger partial charge in [-0.15, -0.1) is 11.3 Å². The Bertz CT molecular complexity index is 736. The van der Waals surface area contributed by atoms with Crippen molar-refractivity contribution >= 4 is 54.9 Å². The zero-order valence-corrected chi connectivity index (χ0v) is 14.9. The zero-order valence-electron chi connectivity index (χ0n) is 10.9. The van der Waals surface area contributed by atoms with Gasteiger partial charge in [-0.3, -0.25) is 4.79 Å². The Labute approximate surface area is 146 Å². The summed E-state index contributed by atoms with van der Waals surface area (Å²) >= 11 is 7.83. The van der Waals surface area contributed by atoms with Crippen LogP contribution in [0.2, 0.25) is 0 Å². The molecular formula is C14H8Br2O5S. The summed E-state index contributed by atoms with van der Waals surface area (Å²) in [5, 5.41) is 0. The van der Waals surface area contributed by atoms with Crippen molar-refractivity contribution < 1.29 is 23.8 Å². The van der Waals surface area contributed by atoms with E-state index in [-0.39, 0.29) is 19.2 Å². The molecule has 0 saturated carbocycles. The highest BCUT2D eigenvalue weighted by molar-refractivity contribution is 9.13. The van der Waals surface area contributed by atoms with Gasteiger partial charge in [0.1, 0.15) is 4.88 Å². The SMILES string of the molecule is O=C(COC(=O)c1cc(Br)c(Br)s1)c1ccc2c(c1)OCO2. The van der Waals surface area contributed by atoms with Crippen LogP contribution in [0.1, 0.15) is 20.0 Å². The average Bonchev–Trinajstić information content (AvgIpc) is 3.10. The number of fused-ring (bicyclic) bond motifs is 1. The molecule has 0 saturated heterocycles. The van der Waals surface area contributed by atoms with Gasteiger partial charge in [0.2, 0.25) is 6.79 Å². The van der Waals surface area contributed by atoms with Crippen LogP contribution in [0.4, 0.5) is 0 Å². The molecule has 0 fully saturated rings. The normalized spacial score (nSPS) is 12.3. The summed E-state index contributed by atoms with van der Waals surface area (Å²) in [5.74, 6) is 0.275. The monoisotopic (exact) mass is 446 g/mol. The highest BCUT2D eigenvalue weighted by atomic mass is 79.9. The van der Waals surface area contributed by atoms with Gasteiger partial charge in [0.25, 0.3) is 0 Å². The minimum atomic E-state index is -0.537. The molecule has 114 valence electrons. The number of ketones is 1. The first-order valence-corrected chi connectivity index (χ1v) is 8.49. The quantitative estimate of drug-likeness (QED) is 0.522. The van der Waals surface area contributed by atoms with Crippen LogP contribution in [0.15, 0.2) is 32.5 Å². The molecule has 0 bridgehead atoms. The second-order valence-electron chi connectivity index (χ2n) is 4.30. The number of thiophene rings is 1. The lowest BCUT2D eigenvalue weighted by Gasteiger charge is -2.04. The largest absolute Gasteiger partial charge is 0.454 e. The van der Waals surface area contributed by atoms with E-state index in [1.807, 2.05) is 0 Å². The number of esters is 1. The van der Waals surface area contributed by atoms with Crippen molar-refractivity contribution in [1.29, 1.82) is 0 Å². The summed E-state index contributed by atoms with van der Waals surface area (Å²) in [6, 6.07) is 6.49. The number of rotatable bonds is 4. The lowest BCUT2D eigenvalue weighted by atomic mass is 10.1. The highest BCUT2D eigenvalue weighted by Gasteiger charge is 2.18. The first-order valence-electron chi connectivity index (χ1n) is 6.09. The number of Topliss-reactive ketones (excluding diaryl/α,β-unsaturated/α-hetero) is 1. The first-order chi connectivity index (χ1) is 10.5. The summed E-state index contributed by atoms with van der Waals surface area (Å²) in [6.07, 6.45) is 0. The summed E-state index contributed by atoms with van der Waals surface area (Å²) in [6.45, 7) is -0.185. The van der Waals surface area contributed by atoms with Crippen LogP contribution < -0.4 is 9.47 Å². The number of carbonyl (C=O) groups excluding carboxylic acids is 2. The van der Waals surface area contributed by atoms with E-state index in [1.165, 1.54) is 11.3 Å². The molecule has 2 aromatic rings. The molecule has 1 aromatic carbocycles. The molecule has 22 heavy (non-hydrogen) atoms. The first kappa shape index (κ1) is 15.5. The molecular weight excluding hydrogens is 440 g/mol. The van der Waals surface area contributed by atoms with Crippen LogP contribution in [0.3, 0.4) is 0 Å². The Morgan fingerprint density at radius 3 is 2.68 bits per heavy atom. The van der Waals surface area contributed by atoms with Crippen LogP contribution in [-0.2, 0) is 4.74 Å². The molecule has 0 N–H and O–H groups in total. The van der Waals surface area contributed by atoms with E-state index in [1.54, 1.807) is 24.3 Å². The van der Waals surface area contributed by atoms with E-state index in [9.17, 15) is 9.59 Å². The molecule has 0 atom stereocenters. The summed E-state index contributed by atoms with van der Waals surface area (Å²) in [7, 11) is 0. The lowest BCUT2D eigenvalue weighted by molar-refractivity contribution is 0.0479. The molecule has 1 aromatic heterocycles. The third-order valence-corrected chi connectivity index (χ3v) is 6.11. The second kappa shape index (κ2) is 6.39. The average molecular weight is 448 g/mol. The number of hydrogen-bond donors (Lipinski definition) is 0. The van der Waals surface area contributed by atoms with Crippen LogP contribution in [0.25, 0.3) is 0 Å². The summed E-state index contributed by atoms with van der Waals surface area (Å²) < 4.78 is 17.0. The fraction of sp³-hybridized carbons (Fsp3) is 0.143. The van der Waals surface area contributed by atoms with Crippen molar-refractivity contribution in [2.24, 2.45) is 0 Å². The zero-order chi connectivity index (χ0) is 15.7. The molecule has 0 spiro atoms. The van der Waals surface area contributed by atoms with Gasteiger partial charge in [-0.1, -0.05) is 0 Å². The van der Waals surface area contributed by atoms with E-state index >= 15 is 0 Å². The van der Waals surface area contributed by atoms with Crippen molar-refractivity contribution in [3.8, 4) is 11.5 Å². The van der Waals surface area contributed by atoms with E-state index in [4.69, 9.17) is 14.2 Å². The second-order valence-corrected chi connectivity index (χ2v) is 7.52. The number of hydrogen-bond acceptors (Lipinski definition) is 6. The number of carbonyl (C=O) groups is 2. The van der Waals surface area contributed by atoms with E-state index in [0.29, 0.717) is 21.9 Å². The van der Waals surface area contributed by atoms with Crippen molar-refractivity contribution in [2.75, 3.05) is 13.4 Å². The van der Waals surface area contributed by atoms with Crippen LogP contribution >= 0.6 is 43.2 Å². The molecule has 1 aliphatic rings. The van der Waals surface area contributed by atoms with Gasteiger partial charge in [-0.25, -0.2) is 4.79 Å². The highest BCUT2D eigenvalue weighted by Crippen LogP contribution is 2.33. The molecule has 5 nitrogen and oxygen atoms in total. The van der Waals surface area contributed by atoms with Crippen LogP contribution in [0, 0.1) is 0 Å². The molecule has 0 radical (unpaired) electrons. The maximum atomic E-state index is 12.1. The maximum Gasteiger partial charge on any atom is 0.348 e. The van der Waals surface area contributed by atoms with Crippen molar-refractivity contribution in [1.82, 2.24) is 0 Å². The Morgan fingerprint density at radius 1 is 1.18 bits per heavy atom. The fourth-order valence-electron chi connectivity index (χ4n) is 1.80. The number of ether oxygens (including phenoxy) is 3. The number of halogens is 2. The summed E-state index contributed by atoms with van der Waals surface area (Å²) in [5.41, 5.74) is 0.408. The molecule has 0 aliphatic carbocycles. The Morgan fingerprint density at radius 2 is 1.95 bits per heavy atom. The van der Waals surface area contributed by atoms with Gasteiger partial charge < -0.3 is 14.2 Å². The van der Waals surface area contributed by atoms with Gasteiger partial charge in [-0.05, 0) is 56.1 Å². The molecule has 0 amide bonds. The van der Waals surface area contributed by atoms with E-state index in [0.717, 1.165) is 8.26 Å². The van der Waals surface area contributed by atoms with Crippen molar-refractivity contribution in [3.05, 3.63) is 43.0 Å². The molecule has 8 heteroatoms. The maximum absolute atomic E-state index is 12.1. The lowest BCUT2D eigenvalue weighted by Crippen LogP contribution is -2.13. The predicted molar refractivity (Wildman–Crippen MR) is 86.9 cm³/mol. The summed E-state index contributed by atoms with van der Waals surface area (Å²) in [4.78, 5) is 24.4. The smallest absolute Gasteiger partial charge is 0.348 e. The minimum Gasteiger partial charge on any atom is -0.454 e. The fourth-order valence-corrected chi connectivity index (χ4v) is 3.73. The van der Waals surface area contributed by atoms with Crippen molar-refractivity contribution in [3.63, 3.8) is 0 Å². The number of benzene rings is 1. The Hall–Kier alpha value is -1.38. The van der Waals surface area contributed by atoms with Gasteiger partial charge in [0.15, 0.2) is 23.9 Å². The molecule has 3 rings (SSSR count). The molecule has 1 aliphatic heterocycles. The minimum absolute atomic E-state index is 0.143. The Kier molecular flexibility index (Phi) is 4.51. The van der Waals surface area contributed by atoms with Crippen molar-refractivity contribution in [2.45, 2.75) is 0 Å². The van der Waals surface area contributed by atoms with Gasteiger partial charge in [0.05, 0.1) is 3.79 Å². The molecule has 2 heterocycles. The Balaban J connectivity index is 1.63. The van der Waals surface area contributed by atoms with Gasteiger partial charge in [0, 0.05) is 10.0 Å². The van der Waals surface area contributed by atoms with Crippen LogP contribution in [0.5, 0.6) is 11.5 Å². The predicted octanol–water partition coefficient (Wildman–Crippen LogP) is 4.04. The topological polar surface area (TPSA) is 61.8 Å². The molecule has 0 unspecified atom stereocenters. The van der Waals surface area contributed by atoms with Gasteiger partial charge in [-0.2, -0.15) is 0 Å². The standard InChI is InChI=1S/C14H8Br2O5S/c15-8-4-12(22-13(8)16)14(18)19-5-9(17)7-1-2-10-11(3-7)21-6-20-10/h1-4H,5-6H2. The van der Waals surface area contributed by atoms with Gasteiger partial charge >= 0.3 is 5.97 Å². The van der Waals surface area contributed by atoms with E-state index < -0.39 is 5.97 Å². The van der Waals surface area contributed by atoms with E-state index in [2.05, 4.69) is 31.9 Å².